The number of ether oxygens (including phenoxy) is 3. The Balaban J connectivity index is 1.00. The fourth-order valence-electron chi connectivity index (χ4n) is 4.64. The van der Waals surface area contributed by atoms with Crippen LogP contribution < -0.4 is 15.4 Å². The van der Waals surface area contributed by atoms with Gasteiger partial charge in [0.15, 0.2) is 17.3 Å². The van der Waals surface area contributed by atoms with E-state index >= 15 is 0 Å². The number of amides is 2. The van der Waals surface area contributed by atoms with Gasteiger partial charge in [-0.1, -0.05) is 31.8 Å². The van der Waals surface area contributed by atoms with Gasteiger partial charge < -0.3 is 18.7 Å². The number of aromatic nitrogens is 5. The average Bonchev–Trinajstić information content (AvgIpc) is 3.70. The second kappa shape index (κ2) is 11.8. The molecular formula is C29H32N8O5. The Labute approximate surface area is 242 Å². The van der Waals surface area contributed by atoms with E-state index < -0.39 is 6.03 Å². The molecule has 6 rings (SSSR count). The first-order valence-corrected chi connectivity index (χ1v) is 13.8. The summed E-state index contributed by atoms with van der Waals surface area (Å²) in [6, 6.07) is 6.52. The topological polar surface area (TPSA) is 141 Å². The maximum absolute atomic E-state index is 12.4. The number of likely N-dealkylation sites (tertiary alicyclic amines) is 1. The van der Waals surface area contributed by atoms with Gasteiger partial charge in [-0.15, -0.1) is 5.10 Å². The molecular weight excluding hydrogens is 540 g/mol. The highest BCUT2D eigenvalue weighted by Crippen LogP contribution is 2.24. The van der Waals surface area contributed by atoms with Gasteiger partial charge in [-0.05, 0) is 18.1 Å². The van der Waals surface area contributed by atoms with Crippen LogP contribution >= 0.6 is 0 Å². The van der Waals surface area contributed by atoms with Gasteiger partial charge in [0.1, 0.15) is 23.8 Å². The van der Waals surface area contributed by atoms with Crippen LogP contribution in [0.4, 0.5) is 16.4 Å². The molecule has 0 saturated carbocycles. The van der Waals surface area contributed by atoms with Crippen LogP contribution in [0.15, 0.2) is 47.4 Å². The van der Waals surface area contributed by atoms with Crippen molar-refractivity contribution in [1.82, 2.24) is 29.6 Å². The Morgan fingerprint density at radius 1 is 1.05 bits per heavy atom. The Bertz CT molecular complexity index is 1600. The minimum atomic E-state index is -0.497. The van der Waals surface area contributed by atoms with Gasteiger partial charge >= 0.3 is 6.03 Å². The third-order valence-corrected chi connectivity index (χ3v) is 6.83. The molecule has 0 unspecified atom stereocenters. The number of fused-ring (bicyclic) bond motifs is 2. The molecule has 0 aliphatic carbocycles. The molecule has 13 nitrogen and oxygen atoms in total. The number of nitrogens with one attached hydrogen (secondary N) is 2. The first-order chi connectivity index (χ1) is 20.3. The lowest BCUT2D eigenvalue weighted by Gasteiger charge is -2.24. The van der Waals surface area contributed by atoms with Crippen molar-refractivity contribution in [2.45, 2.75) is 38.4 Å². The number of pyridine rings is 1. The van der Waals surface area contributed by atoms with E-state index in [1.807, 2.05) is 32.9 Å². The van der Waals surface area contributed by atoms with E-state index in [9.17, 15) is 4.79 Å². The van der Waals surface area contributed by atoms with Gasteiger partial charge in [0.05, 0.1) is 37.2 Å². The minimum absolute atomic E-state index is 0.168. The number of anilines is 2. The molecule has 2 aliphatic heterocycles. The normalized spacial score (nSPS) is 18.7. The first kappa shape index (κ1) is 27.6. The zero-order valence-corrected chi connectivity index (χ0v) is 23.7. The van der Waals surface area contributed by atoms with Crippen molar-refractivity contribution >= 4 is 23.3 Å². The molecule has 0 spiro atoms. The number of carbonyl (C=O) groups is 1. The van der Waals surface area contributed by atoms with Crippen molar-refractivity contribution < 1.29 is 23.5 Å². The lowest BCUT2D eigenvalue weighted by molar-refractivity contribution is -0.116. The van der Waals surface area contributed by atoms with Crippen molar-refractivity contribution in [2.24, 2.45) is 0 Å². The summed E-state index contributed by atoms with van der Waals surface area (Å²) in [5.41, 5.74) is 1.58. The molecule has 6 heterocycles. The zero-order chi connectivity index (χ0) is 29.1. The predicted molar refractivity (Wildman–Crippen MR) is 152 cm³/mol. The van der Waals surface area contributed by atoms with Gasteiger partial charge in [-0.2, -0.15) is 0 Å². The second-order valence-electron chi connectivity index (χ2n) is 11.1. The molecule has 218 valence electrons. The van der Waals surface area contributed by atoms with E-state index in [-0.39, 0.29) is 17.6 Å². The molecule has 2 saturated heterocycles. The van der Waals surface area contributed by atoms with Crippen LogP contribution in [0.3, 0.4) is 0 Å². The number of hydrogen-bond donors (Lipinski definition) is 2. The molecule has 2 atom stereocenters. The monoisotopic (exact) mass is 572 g/mol. The number of carbonyl (C=O) groups excluding carboxylic acids is 1. The Kier molecular flexibility index (Phi) is 7.75. The highest BCUT2D eigenvalue weighted by molar-refractivity contribution is 5.98. The number of hydrogen-bond acceptors (Lipinski definition) is 10. The number of urea groups is 1. The van der Waals surface area contributed by atoms with Crippen LogP contribution in [-0.4, -0.2) is 87.3 Å². The SMILES string of the molecule is CC(C)(C)c1cc(NC(=O)Nc2cc3ncc(C#Cc4ccc(OCCN5C[C@@H]6OCCO[C@@H]6C5)cn4)cn3n2)no1. The molecule has 2 fully saturated rings. The van der Waals surface area contributed by atoms with Crippen LogP contribution in [0.2, 0.25) is 0 Å². The molecule has 0 aromatic carbocycles. The summed E-state index contributed by atoms with van der Waals surface area (Å²) in [6.45, 7) is 10.4. The molecule has 42 heavy (non-hydrogen) atoms. The Morgan fingerprint density at radius 3 is 2.55 bits per heavy atom. The summed E-state index contributed by atoms with van der Waals surface area (Å²) in [7, 11) is 0. The predicted octanol–water partition coefficient (Wildman–Crippen LogP) is 2.93. The molecule has 2 aliphatic rings. The molecule has 4 aromatic heterocycles. The average molecular weight is 573 g/mol. The first-order valence-electron chi connectivity index (χ1n) is 13.8. The van der Waals surface area contributed by atoms with Crippen molar-refractivity contribution in [2.75, 3.05) is 50.1 Å². The zero-order valence-electron chi connectivity index (χ0n) is 23.7. The van der Waals surface area contributed by atoms with E-state index in [4.69, 9.17) is 18.7 Å². The summed E-state index contributed by atoms with van der Waals surface area (Å²) >= 11 is 0. The lowest BCUT2D eigenvalue weighted by atomic mass is 9.93. The van der Waals surface area contributed by atoms with Crippen molar-refractivity contribution in [3.8, 4) is 17.6 Å². The van der Waals surface area contributed by atoms with E-state index in [0.29, 0.717) is 59.9 Å². The number of rotatable bonds is 6. The third-order valence-electron chi connectivity index (χ3n) is 6.83. The molecule has 2 amide bonds. The van der Waals surface area contributed by atoms with Crippen LogP contribution in [0.25, 0.3) is 5.65 Å². The van der Waals surface area contributed by atoms with Crippen LogP contribution in [0, 0.1) is 11.8 Å². The highest BCUT2D eigenvalue weighted by Gasteiger charge is 2.36. The van der Waals surface area contributed by atoms with Gasteiger partial charge in [0, 0.05) is 49.6 Å². The van der Waals surface area contributed by atoms with Gasteiger partial charge in [-0.25, -0.2) is 19.3 Å². The lowest BCUT2D eigenvalue weighted by Crippen LogP contribution is -2.36. The van der Waals surface area contributed by atoms with E-state index in [1.165, 1.54) is 0 Å². The summed E-state index contributed by atoms with van der Waals surface area (Å²) in [5, 5.41) is 13.6. The maximum Gasteiger partial charge on any atom is 0.326 e. The number of nitrogens with zero attached hydrogens (tertiary/aromatic N) is 6. The van der Waals surface area contributed by atoms with Gasteiger partial charge in [0.2, 0.25) is 0 Å². The maximum atomic E-state index is 12.4. The van der Waals surface area contributed by atoms with Crippen molar-refractivity contribution in [3.05, 3.63) is 59.9 Å². The van der Waals surface area contributed by atoms with Crippen LogP contribution in [0.1, 0.15) is 37.8 Å². The van der Waals surface area contributed by atoms with Crippen LogP contribution in [0.5, 0.6) is 5.75 Å². The molecule has 13 heteroatoms. The van der Waals surface area contributed by atoms with Gasteiger partial charge in [-0.3, -0.25) is 15.5 Å². The summed E-state index contributed by atoms with van der Waals surface area (Å²) in [6.07, 6.45) is 5.37. The molecule has 0 bridgehead atoms. The summed E-state index contributed by atoms with van der Waals surface area (Å²) in [5.74, 6) is 8.07. The minimum Gasteiger partial charge on any atom is -0.491 e. The van der Waals surface area contributed by atoms with Crippen LogP contribution in [-0.2, 0) is 14.9 Å². The van der Waals surface area contributed by atoms with E-state index in [2.05, 4.69) is 47.6 Å². The Hall–Kier alpha value is -4.51. The van der Waals surface area contributed by atoms with Crippen molar-refractivity contribution in [3.63, 3.8) is 0 Å². The summed E-state index contributed by atoms with van der Waals surface area (Å²) < 4.78 is 24.2. The fourth-order valence-corrected chi connectivity index (χ4v) is 4.64. The van der Waals surface area contributed by atoms with Gasteiger partial charge in [0.25, 0.3) is 0 Å². The summed E-state index contributed by atoms with van der Waals surface area (Å²) in [4.78, 5) is 23.5. The highest BCUT2D eigenvalue weighted by atomic mass is 16.6. The Morgan fingerprint density at radius 2 is 1.83 bits per heavy atom. The smallest absolute Gasteiger partial charge is 0.326 e. The third kappa shape index (κ3) is 6.68. The largest absolute Gasteiger partial charge is 0.491 e. The molecule has 2 N–H and O–H groups in total. The van der Waals surface area contributed by atoms with E-state index in [0.717, 1.165) is 19.6 Å². The standard InChI is InChI=1S/C29H32N8O5/c1-29(2,3)24-12-26(35-42-24)33-28(38)32-25-13-27-31-14-19(16-37(27)34-25)4-5-20-6-7-21(15-30-20)39-9-8-36-17-22-23(18-36)41-11-10-40-22/h6-7,12-16,22-23H,8-11,17-18H2,1-3H3,(H2,32,33,34,35,38)/t22-,23+. The molecule has 0 radical (unpaired) electrons. The second-order valence-corrected chi connectivity index (χ2v) is 11.1. The molecule has 4 aromatic rings. The quantitative estimate of drug-likeness (QED) is 0.331. The fraction of sp³-hybridized carbons (Fsp3) is 0.414. The van der Waals surface area contributed by atoms with E-state index in [1.54, 1.807) is 35.2 Å². The van der Waals surface area contributed by atoms with Crippen molar-refractivity contribution in [1.29, 1.82) is 0 Å².